The molecule has 1 saturated carbocycles. The Kier molecular flexibility index (Phi) is 5.64. The zero-order chi connectivity index (χ0) is 13.7. The van der Waals surface area contributed by atoms with Gasteiger partial charge in [-0.25, -0.2) is 0 Å². The molecular formula is C15H29N3O. The Labute approximate surface area is 117 Å². The van der Waals surface area contributed by atoms with Crippen molar-refractivity contribution in [3.63, 3.8) is 0 Å². The lowest BCUT2D eigenvalue weighted by Gasteiger charge is -2.28. The molecule has 0 aromatic heterocycles. The van der Waals surface area contributed by atoms with E-state index in [0.717, 1.165) is 32.2 Å². The van der Waals surface area contributed by atoms with Crippen molar-refractivity contribution in [3.8, 4) is 0 Å². The van der Waals surface area contributed by atoms with E-state index in [1.165, 1.54) is 25.7 Å². The van der Waals surface area contributed by atoms with Crippen molar-refractivity contribution < 1.29 is 4.79 Å². The highest BCUT2D eigenvalue weighted by Gasteiger charge is 2.26. The molecule has 1 saturated heterocycles. The van der Waals surface area contributed by atoms with Crippen LogP contribution in [0.2, 0.25) is 0 Å². The zero-order valence-electron chi connectivity index (χ0n) is 12.5. The maximum atomic E-state index is 11.9. The van der Waals surface area contributed by atoms with Gasteiger partial charge in [-0.05, 0) is 57.7 Å². The second-order valence-electron chi connectivity index (χ2n) is 6.35. The number of piperidine rings is 1. The molecule has 4 heteroatoms. The van der Waals surface area contributed by atoms with Crippen molar-refractivity contribution in [2.45, 2.75) is 45.1 Å². The summed E-state index contributed by atoms with van der Waals surface area (Å²) in [4.78, 5) is 14.3. The van der Waals surface area contributed by atoms with Crippen LogP contribution in [0.4, 0.5) is 0 Å². The third kappa shape index (κ3) is 5.11. The number of nitrogens with one attached hydrogen (secondary N) is 2. The summed E-state index contributed by atoms with van der Waals surface area (Å²) in [5.41, 5.74) is 0. The Hall–Kier alpha value is -0.610. The van der Waals surface area contributed by atoms with Crippen molar-refractivity contribution in [3.05, 3.63) is 0 Å². The van der Waals surface area contributed by atoms with Crippen molar-refractivity contribution in [2.75, 3.05) is 33.2 Å². The lowest BCUT2D eigenvalue weighted by Crippen LogP contribution is -2.37. The number of hydrogen-bond acceptors (Lipinski definition) is 3. The Morgan fingerprint density at radius 3 is 2.84 bits per heavy atom. The molecule has 0 bridgehead atoms. The SMILES string of the molecule is CC(CC(=O)NCCN(C)C1CC1)C1CCCNC1. The summed E-state index contributed by atoms with van der Waals surface area (Å²) in [7, 11) is 2.15. The highest BCUT2D eigenvalue weighted by molar-refractivity contribution is 5.76. The summed E-state index contributed by atoms with van der Waals surface area (Å²) >= 11 is 0. The summed E-state index contributed by atoms with van der Waals surface area (Å²) in [6, 6.07) is 0.782. The first-order valence-corrected chi connectivity index (χ1v) is 7.84. The summed E-state index contributed by atoms with van der Waals surface area (Å²) in [6.07, 6.45) is 5.86. The van der Waals surface area contributed by atoms with Gasteiger partial charge >= 0.3 is 0 Å². The van der Waals surface area contributed by atoms with E-state index in [1.807, 2.05) is 0 Å². The highest BCUT2D eigenvalue weighted by atomic mass is 16.1. The molecule has 1 amide bonds. The molecule has 2 fully saturated rings. The van der Waals surface area contributed by atoms with Gasteiger partial charge in [0, 0.05) is 25.6 Å². The van der Waals surface area contributed by atoms with Gasteiger partial charge in [-0.2, -0.15) is 0 Å². The number of likely N-dealkylation sites (N-methyl/N-ethyl adjacent to an activating group) is 1. The first kappa shape index (κ1) is 14.8. The molecule has 2 N–H and O–H groups in total. The van der Waals surface area contributed by atoms with Gasteiger partial charge in [0.1, 0.15) is 0 Å². The van der Waals surface area contributed by atoms with Gasteiger partial charge in [-0.1, -0.05) is 6.92 Å². The van der Waals surface area contributed by atoms with Gasteiger partial charge in [-0.15, -0.1) is 0 Å². The normalized spacial score (nSPS) is 25.3. The molecule has 0 aromatic carbocycles. The van der Waals surface area contributed by atoms with Crippen molar-refractivity contribution in [1.29, 1.82) is 0 Å². The second kappa shape index (κ2) is 7.25. The van der Waals surface area contributed by atoms with Crippen LogP contribution in [0.1, 0.15) is 39.0 Å². The fraction of sp³-hybridized carbons (Fsp3) is 0.933. The minimum atomic E-state index is 0.224. The molecule has 2 aliphatic rings. The van der Waals surface area contributed by atoms with E-state index in [9.17, 15) is 4.79 Å². The van der Waals surface area contributed by atoms with Crippen LogP contribution in [0.5, 0.6) is 0 Å². The predicted molar refractivity (Wildman–Crippen MR) is 78.0 cm³/mol. The second-order valence-corrected chi connectivity index (χ2v) is 6.35. The monoisotopic (exact) mass is 267 g/mol. The van der Waals surface area contributed by atoms with Crippen LogP contribution in [-0.2, 0) is 4.79 Å². The average molecular weight is 267 g/mol. The molecule has 1 aliphatic carbocycles. The molecular weight excluding hydrogens is 238 g/mol. The maximum Gasteiger partial charge on any atom is 0.220 e. The molecule has 0 aromatic rings. The van der Waals surface area contributed by atoms with Crippen LogP contribution in [0.25, 0.3) is 0 Å². The standard InChI is InChI=1S/C15H29N3O/c1-12(13-4-3-7-16-11-13)10-15(19)17-8-9-18(2)14-5-6-14/h12-14,16H,3-11H2,1-2H3,(H,17,19). The zero-order valence-corrected chi connectivity index (χ0v) is 12.5. The highest BCUT2D eigenvalue weighted by Crippen LogP contribution is 2.24. The predicted octanol–water partition coefficient (Wildman–Crippen LogP) is 1.22. The molecule has 1 heterocycles. The molecule has 0 spiro atoms. The number of nitrogens with zero attached hydrogens (tertiary/aromatic N) is 1. The molecule has 4 nitrogen and oxygen atoms in total. The van der Waals surface area contributed by atoms with Gasteiger partial charge in [0.25, 0.3) is 0 Å². The van der Waals surface area contributed by atoms with Crippen molar-refractivity contribution in [1.82, 2.24) is 15.5 Å². The molecule has 1 aliphatic heterocycles. The summed E-state index contributed by atoms with van der Waals surface area (Å²) in [5, 5.41) is 6.49. The average Bonchev–Trinajstić information content (AvgIpc) is 3.24. The third-order valence-corrected chi connectivity index (χ3v) is 4.60. The van der Waals surface area contributed by atoms with Gasteiger partial charge in [0.2, 0.25) is 5.91 Å². The Morgan fingerprint density at radius 1 is 1.42 bits per heavy atom. The smallest absolute Gasteiger partial charge is 0.220 e. The van der Waals surface area contributed by atoms with Gasteiger partial charge in [0.05, 0.1) is 0 Å². The molecule has 2 rings (SSSR count). The number of hydrogen-bond donors (Lipinski definition) is 2. The fourth-order valence-corrected chi connectivity index (χ4v) is 2.97. The molecule has 2 unspecified atom stereocenters. The lowest BCUT2D eigenvalue weighted by atomic mass is 9.85. The summed E-state index contributed by atoms with van der Waals surface area (Å²) in [5.74, 6) is 1.39. The van der Waals surface area contributed by atoms with Crippen LogP contribution < -0.4 is 10.6 Å². The van der Waals surface area contributed by atoms with E-state index in [-0.39, 0.29) is 5.91 Å². The fourth-order valence-electron chi connectivity index (χ4n) is 2.97. The van der Waals surface area contributed by atoms with E-state index in [1.54, 1.807) is 0 Å². The minimum Gasteiger partial charge on any atom is -0.355 e. The first-order valence-electron chi connectivity index (χ1n) is 7.84. The topological polar surface area (TPSA) is 44.4 Å². The maximum absolute atomic E-state index is 11.9. The van der Waals surface area contributed by atoms with E-state index >= 15 is 0 Å². The quantitative estimate of drug-likeness (QED) is 0.729. The molecule has 110 valence electrons. The third-order valence-electron chi connectivity index (χ3n) is 4.60. The number of rotatable bonds is 7. The van der Waals surface area contributed by atoms with E-state index in [4.69, 9.17) is 0 Å². The van der Waals surface area contributed by atoms with Crippen LogP contribution in [-0.4, -0.2) is 50.1 Å². The van der Waals surface area contributed by atoms with E-state index in [2.05, 4.69) is 29.5 Å². The Morgan fingerprint density at radius 2 is 2.21 bits per heavy atom. The lowest BCUT2D eigenvalue weighted by molar-refractivity contribution is -0.122. The molecule has 19 heavy (non-hydrogen) atoms. The van der Waals surface area contributed by atoms with Gasteiger partial charge in [0.15, 0.2) is 0 Å². The number of amides is 1. The van der Waals surface area contributed by atoms with Gasteiger partial charge in [-0.3, -0.25) is 4.79 Å². The van der Waals surface area contributed by atoms with Crippen LogP contribution in [0, 0.1) is 11.8 Å². The van der Waals surface area contributed by atoms with Crippen LogP contribution in [0.3, 0.4) is 0 Å². The summed E-state index contributed by atoms with van der Waals surface area (Å²) < 4.78 is 0. The Bertz CT molecular complexity index is 285. The van der Waals surface area contributed by atoms with Crippen molar-refractivity contribution in [2.24, 2.45) is 11.8 Å². The van der Waals surface area contributed by atoms with Crippen LogP contribution in [0.15, 0.2) is 0 Å². The Balaban J connectivity index is 1.57. The van der Waals surface area contributed by atoms with E-state index < -0.39 is 0 Å². The van der Waals surface area contributed by atoms with E-state index in [0.29, 0.717) is 18.3 Å². The molecule has 2 atom stereocenters. The molecule has 0 radical (unpaired) electrons. The number of carbonyl (C=O) groups is 1. The van der Waals surface area contributed by atoms with Crippen molar-refractivity contribution >= 4 is 5.91 Å². The number of carbonyl (C=O) groups excluding carboxylic acids is 1. The van der Waals surface area contributed by atoms with Crippen LogP contribution >= 0.6 is 0 Å². The van der Waals surface area contributed by atoms with Gasteiger partial charge < -0.3 is 15.5 Å². The summed E-state index contributed by atoms with van der Waals surface area (Å²) in [6.45, 7) is 6.21. The largest absolute Gasteiger partial charge is 0.355 e. The first-order chi connectivity index (χ1) is 9.16. The minimum absolute atomic E-state index is 0.224.